The van der Waals surface area contributed by atoms with Gasteiger partial charge in [-0.1, -0.05) is 13.8 Å². The molecule has 18 heavy (non-hydrogen) atoms. The molecule has 0 saturated carbocycles. The highest BCUT2D eigenvalue weighted by Crippen LogP contribution is 2.29. The molecular weight excluding hydrogens is 252 g/mol. The predicted molar refractivity (Wildman–Crippen MR) is 68.4 cm³/mol. The van der Waals surface area contributed by atoms with E-state index in [1.165, 1.54) is 0 Å². The van der Waals surface area contributed by atoms with Crippen LogP contribution in [-0.2, 0) is 14.6 Å². The zero-order valence-electron chi connectivity index (χ0n) is 11.1. The van der Waals surface area contributed by atoms with Crippen LogP contribution in [-0.4, -0.2) is 31.4 Å². The molecule has 1 N–H and O–H groups in total. The maximum atomic E-state index is 12.2. The second-order valence-corrected chi connectivity index (χ2v) is 7.44. The molecule has 1 saturated heterocycles. The van der Waals surface area contributed by atoms with Crippen molar-refractivity contribution >= 4 is 15.7 Å². The Kier molecular flexibility index (Phi) is 4.06. The van der Waals surface area contributed by atoms with Gasteiger partial charge < -0.3 is 5.32 Å². The number of nitrogens with one attached hydrogen (secondary N) is 1. The number of rotatable bonds is 4. The smallest absolute Gasteiger partial charge is 0.240 e. The number of carbonyl (C=O) groups excluding carboxylic acids is 1. The number of nitrogens with zero attached hydrogens (tertiary/aromatic N) is 1. The second kappa shape index (κ2) is 4.88. The third-order valence-electron chi connectivity index (χ3n) is 3.77. The van der Waals surface area contributed by atoms with Crippen molar-refractivity contribution in [1.29, 1.82) is 5.26 Å². The number of hydrogen-bond acceptors (Lipinski definition) is 4. The quantitative estimate of drug-likeness (QED) is 0.827. The van der Waals surface area contributed by atoms with Gasteiger partial charge in [0.25, 0.3) is 0 Å². The van der Waals surface area contributed by atoms with Gasteiger partial charge in [0.15, 0.2) is 9.84 Å². The van der Waals surface area contributed by atoms with Gasteiger partial charge in [0.2, 0.25) is 5.91 Å². The number of carbonyl (C=O) groups is 1. The molecule has 6 heteroatoms. The molecule has 1 unspecified atom stereocenters. The van der Waals surface area contributed by atoms with E-state index in [4.69, 9.17) is 0 Å². The van der Waals surface area contributed by atoms with Gasteiger partial charge in [-0.3, -0.25) is 4.79 Å². The molecule has 1 aliphatic heterocycles. The van der Waals surface area contributed by atoms with Crippen molar-refractivity contribution in [1.82, 2.24) is 5.32 Å². The Hall–Kier alpha value is -1.09. The summed E-state index contributed by atoms with van der Waals surface area (Å²) in [5.41, 5.74) is -1.78. The van der Waals surface area contributed by atoms with Gasteiger partial charge in [-0.25, -0.2) is 8.42 Å². The van der Waals surface area contributed by atoms with E-state index in [1.807, 2.05) is 0 Å². The molecule has 0 aliphatic carbocycles. The second-order valence-electron chi connectivity index (χ2n) is 5.26. The lowest BCUT2D eigenvalue weighted by Crippen LogP contribution is -2.52. The molecule has 0 aromatic rings. The summed E-state index contributed by atoms with van der Waals surface area (Å²) in [4.78, 5) is 12.2. The maximum absolute atomic E-state index is 12.2. The molecule has 1 rings (SSSR count). The summed E-state index contributed by atoms with van der Waals surface area (Å²) < 4.78 is 22.9. The third-order valence-corrected chi connectivity index (χ3v) is 5.68. The van der Waals surface area contributed by atoms with E-state index >= 15 is 0 Å². The van der Waals surface area contributed by atoms with Crippen LogP contribution in [0.4, 0.5) is 0 Å². The van der Waals surface area contributed by atoms with Crippen molar-refractivity contribution < 1.29 is 13.2 Å². The summed E-state index contributed by atoms with van der Waals surface area (Å²) >= 11 is 0. The Morgan fingerprint density at radius 1 is 1.44 bits per heavy atom. The number of nitriles is 1. The van der Waals surface area contributed by atoms with Crippen molar-refractivity contribution in [3.8, 4) is 6.07 Å². The van der Waals surface area contributed by atoms with E-state index in [0.717, 1.165) is 0 Å². The zero-order valence-corrected chi connectivity index (χ0v) is 11.9. The minimum Gasteiger partial charge on any atom is -0.349 e. The van der Waals surface area contributed by atoms with E-state index in [1.54, 1.807) is 20.8 Å². The molecule has 0 aromatic heterocycles. The van der Waals surface area contributed by atoms with Crippen LogP contribution in [0.3, 0.4) is 0 Å². The first-order valence-corrected chi connectivity index (χ1v) is 7.99. The highest BCUT2D eigenvalue weighted by atomic mass is 32.2. The van der Waals surface area contributed by atoms with Gasteiger partial charge in [0.05, 0.1) is 23.1 Å². The van der Waals surface area contributed by atoms with Crippen LogP contribution in [0.1, 0.15) is 40.0 Å². The molecule has 1 aliphatic rings. The lowest BCUT2D eigenvalue weighted by molar-refractivity contribution is -0.130. The summed E-state index contributed by atoms with van der Waals surface area (Å²) in [6, 6.07) is 2.07. The lowest BCUT2D eigenvalue weighted by Gasteiger charge is -2.30. The topological polar surface area (TPSA) is 87.0 Å². The molecule has 1 atom stereocenters. The maximum Gasteiger partial charge on any atom is 0.240 e. The van der Waals surface area contributed by atoms with Crippen LogP contribution in [0.15, 0.2) is 0 Å². The van der Waals surface area contributed by atoms with Gasteiger partial charge in [0, 0.05) is 0 Å². The average Bonchev–Trinajstić information content (AvgIpc) is 2.56. The first-order chi connectivity index (χ1) is 8.22. The molecule has 0 radical (unpaired) electrons. The van der Waals surface area contributed by atoms with Crippen LogP contribution in [0, 0.1) is 16.7 Å². The fourth-order valence-corrected chi connectivity index (χ4v) is 4.38. The summed E-state index contributed by atoms with van der Waals surface area (Å²) in [6.07, 6.45) is 1.26. The summed E-state index contributed by atoms with van der Waals surface area (Å²) in [5.74, 6) is -0.294. The first kappa shape index (κ1) is 15.0. The third kappa shape index (κ3) is 2.83. The summed E-state index contributed by atoms with van der Waals surface area (Å²) in [5, 5.41) is 11.9. The monoisotopic (exact) mass is 272 g/mol. The van der Waals surface area contributed by atoms with E-state index in [-0.39, 0.29) is 17.4 Å². The minimum atomic E-state index is -3.06. The SMILES string of the molecule is CCC(C#N)(CC)C(=O)NC1(C)CCS(=O)(=O)C1. The van der Waals surface area contributed by atoms with E-state index in [0.29, 0.717) is 19.3 Å². The Balaban J connectivity index is 2.86. The van der Waals surface area contributed by atoms with Crippen molar-refractivity contribution in [2.45, 2.75) is 45.6 Å². The molecule has 1 fully saturated rings. The fraction of sp³-hybridized carbons (Fsp3) is 0.833. The molecular formula is C12H20N2O3S. The number of amides is 1. The Morgan fingerprint density at radius 3 is 2.33 bits per heavy atom. The lowest BCUT2D eigenvalue weighted by atomic mass is 9.82. The van der Waals surface area contributed by atoms with Crippen LogP contribution < -0.4 is 5.32 Å². The van der Waals surface area contributed by atoms with Gasteiger partial charge in [0.1, 0.15) is 5.41 Å². The minimum absolute atomic E-state index is 0.0410. The molecule has 1 heterocycles. The number of hydrogen-bond donors (Lipinski definition) is 1. The van der Waals surface area contributed by atoms with Gasteiger partial charge in [-0.15, -0.1) is 0 Å². The molecule has 0 bridgehead atoms. The normalized spacial score (nSPS) is 26.6. The van der Waals surface area contributed by atoms with Gasteiger partial charge in [-0.2, -0.15) is 5.26 Å². The van der Waals surface area contributed by atoms with E-state index in [9.17, 15) is 18.5 Å². The summed E-state index contributed by atoms with van der Waals surface area (Å²) in [7, 11) is -3.06. The van der Waals surface area contributed by atoms with Gasteiger partial charge >= 0.3 is 0 Å². The van der Waals surface area contributed by atoms with E-state index in [2.05, 4.69) is 11.4 Å². The Labute approximate surface area is 108 Å². The standard InChI is InChI=1S/C12H20N2O3S/c1-4-12(5-2,8-13)10(15)14-11(3)6-7-18(16,17)9-11/h4-7,9H2,1-3H3,(H,14,15). The largest absolute Gasteiger partial charge is 0.349 e. The Morgan fingerprint density at radius 2 is 2.00 bits per heavy atom. The molecule has 0 aromatic carbocycles. The van der Waals surface area contributed by atoms with Crippen molar-refractivity contribution in [2.75, 3.05) is 11.5 Å². The van der Waals surface area contributed by atoms with E-state index < -0.39 is 20.8 Å². The van der Waals surface area contributed by atoms with Crippen LogP contribution in [0.2, 0.25) is 0 Å². The highest BCUT2D eigenvalue weighted by Gasteiger charge is 2.44. The predicted octanol–water partition coefficient (Wildman–Crippen LogP) is 1.01. The molecule has 102 valence electrons. The van der Waals surface area contributed by atoms with Crippen molar-refractivity contribution in [3.05, 3.63) is 0 Å². The Bertz CT molecular complexity index is 474. The van der Waals surface area contributed by atoms with Gasteiger partial charge in [-0.05, 0) is 26.2 Å². The number of sulfone groups is 1. The fourth-order valence-electron chi connectivity index (χ4n) is 2.28. The van der Waals surface area contributed by atoms with Crippen LogP contribution in [0.5, 0.6) is 0 Å². The molecule has 5 nitrogen and oxygen atoms in total. The molecule has 1 amide bonds. The highest BCUT2D eigenvalue weighted by molar-refractivity contribution is 7.91. The average molecular weight is 272 g/mol. The molecule has 0 spiro atoms. The van der Waals surface area contributed by atoms with Crippen molar-refractivity contribution in [2.24, 2.45) is 5.41 Å². The van der Waals surface area contributed by atoms with Crippen molar-refractivity contribution in [3.63, 3.8) is 0 Å². The first-order valence-electron chi connectivity index (χ1n) is 6.17. The van der Waals surface area contributed by atoms with Crippen LogP contribution in [0.25, 0.3) is 0 Å². The summed E-state index contributed by atoms with van der Waals surface area (Å²) in [6.45, 7) is 5.31. The zero-order chi connectivity index (χ0) is 14.0. The van der Waals surface area contributed by atoms with Crippen LogP contribution >= 0.6 is 0 Å².